The molecule has 0 radical (unpaired) electrons. The predicted molar refractivity (Wildman–Crippen MR) is 84.1 cm³/mol. The third kappa shape index (κ3) is 5.14. The van der Waals surface area contributed by atoms with E-state index in [4.69, 9.17) is 10.5 Å². The van der Waals surface area contributed by atoms with E-state index < -0.39 is 0 Å². The molecule has 0 amide bonds. The van der Waals surface area contributed by atoms with Crippen LogP contribution < -0.4 is 10.5 Å². The summed E-state index contributed by atoms with van der Waals surface area (Å²) < 4.78 is 5.89. The van der Waals surface area contributed by atoms with Gasteiger partial charge in [0.25, 0.3) is 0 Å². The van der Waals surface area contributed by atoms with E-state index in [9.17, 15) is 5.11 Å². The molecule has 3 heteroatoms. The summed E-state index contributed by atoms with van der Waals surface area (Å²) >= 11 is 0. The zero-order chi connectivity index (χ0) is 15.3. The van der Waals surface area contributed by atoms with Gasteiger partial charge in [0.15, 0.2) is 0 Å². The van der Waals surface area contributed by atoms with Crippen molar-refractivity contribution in [3.05, 3.63) is 29.8 Å². The Morgan fingerprint density at radius 1 is 1.25 bits per heavy atom. The maximum atomic E-state index is 9.49. The highest BCUT2D eigenvalue weighted by atomic mass is 16.5. The number of aliphatic hydroxyl groups is 1. The zero-order valence-corrected chi connectivity index (χ0v) is 13.4. The fourth-order valence-corrected chi connectivity index (χ4v) is 2.17. The molecule has 0 saturated heterocycles. The highest BCUT2D eigenvalue weighted by Crippen LogP contribution is 2.26. The summed E-state index contributed by atoms with van der Waals surface area (Å²) in [5.41, 5.74) is 7.41. The van der Waals surface area contributed by atoms with Gasteiger partial charge >= 0.3 is 0 Å². The van der Waals surface area contributed by atoms with Crippen molar-refractivity contribution >= 4 is 0 Å². The van der Waals surface area contributed by atoms with Crippen molar-refractivity contribution in [3.8, 4) is 5.75 Å². The van der Waals surface area contributed by atoms with E-state index in [1.807, 2.05) is 18.2 Å². The molecule has 0 aliphatic rings. The molecule has 0 spiro atoms. The summed E-state index contributed by atoms with van der Waals surface area (Å²) in [6, 6.07) is 7.87. The van der Waals surface area contributed by atoms with Crippen LogP contribution in [0.3, 0.4) is 0 Å². The zero-order valence-electron chi connectivity index (χ0n) is 13.4. The minimum absolute atomic E-state index is 0.0619. The van der Waals surface area contributed by atoms with Gasteiger partial charge in [-0.1, -0.05) is 46.8 Å². The van der Waals surface area contributed by atoms with Gasteiger partial charge in [-0.3, -0.25) is 0 Å². The number of aliphatic hydroxyl groups excluding tert-OH is 1. The molecule has 1 rings (SSSR count). The van der Waals surface area contributed by atoms with Crippen molar-refractivity contribution in [2.24, 2.45) is 11.7 Å². The summed E-state index contributed by atoms with van der Waals surface area (Å²) in [5, 5.41) is 9.49. The van der Waals surface area contributed by atoms with Crippen LogP contribution >= 0.6 is 0 Å². The number of ether oxygens (including phenoxy) is 1. The van der Waals surface area contributed by atoms with E-state index in [-0.39, 0.29) is 24.2 Å². The fourth-order valence-electron chi connectivity index (χ4n) is 2.17. The second kappa shape index (κ2) is 7.09. The van der Waals surface area contributed by atoms with Crippen molar-refractivity contribution in [2.75, 3.05) is 6.61 Å². The van der Waals surface area contributed by atoms with Crippen molar-refractivity contribution in [1.29, 1.82) is 0 Å². The molecule has 1 aromatic carbocycles. The lowest BCUT2D eigenvalue weighted by atomic mass is 9.87. The van der Waals surface area contributed by atoms with Crippen LogP contribution in [0.2, 0.25) is 0 Å². The maximum absolute atomic E-state index is 9.49. The summed E-state index contributed by atoms with van der Waals surface area (Å²) in [6.07, 6.45) is 0.483. The monoisotopic (exact) mass is 279 g/mol. The van der Waals surface area contributed by atoms with Crippen LogP contribution in [0.1, 0.15) is 46.6 Å². The van der Waals surface area contributed by atoms with Crippen molar-refractivity contribution in [1.82, 2.24) is 0 Å². The lowest BCUT2D eigenvalue weighted by molar-refractivity contribution is 0.0880. The SMILES string of the molecule is CC(C)CC(N)C(CO)Oc1cccc(C(C)(C)C)c1. The first-order chi connectivity index (χ1) is 9.24. The Kier molecular flexibility index (Phi) is 6.03. The van der Waals surface area contributed by atoms with Crippen molar-refractivity contribution < 1.29 is 9.84 Å². The van der Waals surface area contributed by atoms with E-state index >= 15 is 0 Å². The van der Waals surface area contributed by atoms with Crippen LogP contribution in [-0.4, -0.2) is 23.9 Å². The molecule has 0 aliphatic carbocycles. The largest absolute Gasteiger partial charge is 0.486 e. The Morgan fingerprint density at radius 3 is 2.40 bits per heavy atom. The number of hydrogen-bond acceptors (Lipinski definition) is 3. The third-order valence-electron chi connectivity index (χ3n) is 3.39. The van der Waals surface area contributed by atoms with E-state index in [2.05, 4.69) is 40.7 Å². The molecule has 2 unspecified atom stereocenters. The van der Waals surface area contributed by atoms with E-state index in [1.54, 1.807) is 0 Å². The van der Waals surface area contributed by atoms with Gasteiger partial charge in [0.2, 0.25) is 0 Å². The first-order valence-electron chi connectivity index (χ1n) is 7.37. The number of benzene rings is 1. The molecule has 114 valence electrons. The molecule has 0 aromatic heterocycles. The topological polar surface area (TPSA) is 55.5 Å². The van der Waals surface area contributed by atoms with Gasteiger partial charge in [-0.25, -0.2) is 0 Å². The molecule has 1 aromatic rings. The second-order valence-electron chi connectivity index (χ2n) is 6.91. The van der Waals surface area contributed by atoms with Crippen molar-refractivity contribution in [3.63, 3.8) is 0 Å². The lowest BCUT2D eigenvalue weighted by Gasteiger charge is -2.26. The van der Waals surface area contributed by atoms with Gasteiger partial charge < -0.3 is 15.6 Å². The summed E-state index contributed by atoms with van der Waals surface area (Å²) in [6.45, 7) is 10.7. The maximum Gasteiger partial charge on any atom is 0.137 e. The molecule has 0 fully saturated rings. The molecule has 0 aliphatic heterocycles. The molecule has 20 heavy (non-hydrogen) atoms. The minimum atomic E-state index is -0.354. The van der Waals surface area contributed by atoms with Gasteiger partial charge in [-0.2, -0.15) is 0 Å². The third-order valence-corrected chi connectivity index (χ3v) is 3.39. The predicted octanol–water partition coefficient (Wildman–Crippen LogP) is 3.10. The number of nitrogens with two attached hydrogens (primary N) is 1. The average molecular weight is 279 g/mol. The number of hydrogen-bond donors (Lipinski definition) is 2. The molecular weight excluding hydrogens is 250 g/mol. The highest BCUT2D eigenvalue weighted by Gasteiger charge is 2.21. The standard InChI is InChI=1S/C17H29NO2/c1-12(2)9-15(18)16(11-19)20-14-8-6-7-13(10-14)17(3,4)5/h6-8,10,12,15-16,19H,9,11,18H2,1-5H3. The van der Waals surface area contributed by atoms with E-state index in [1.165, 1.54) is 5.56 Å². The average Bonchev–Trinajstić information content (AvgIpc) is 2.34. The van der Waals surface area contributed by atoms with Crippen LogP contribution in [0.4, 0.5) is 0 Å². The Morgan fingerprint density at radius 2 is 1.90 bits per heavy atom. The first-order valence-corrected chi connectivity index (χ1v) is 7.37. The Hall–Kier alpha value is -1.06. The van der Waals surface area contributed by atoms with Crippen LogP contribution in [0.15, 0.2) is 24.3 Å². The van der Waals surface area contributed by atoms with Crippen LogP contribution in [0.5, 0.6) is 5.75 Å². The smallest absolute Gasteiger partial charge is 0.137 e. The van der Waals surface area contributed by atoms with Gasteiger partial charge in [-0.15, -0.1) is 0 Å². The van der Waals surface area contributed by atoms with Crippen LogP contribution in [0.25, 0.3) is 0 Å². The van der Waals surface area contributed by atoms with Gasteiger partial charge in [0, 0.05) is 6.04 Å². The number of rotatable bonds is 6. The summed E-state index contributed by atoms with van der Waals surface area (Å²) in [4.78, 5) is 0. The Bertz CT molecular complexity index is 410. The summed E-state index contributed by atoms with van der Waals surface area (Å²) in [5.74, 6) is 1.26. The van der Waals surface area contributed by atoms with Crippen LogP contribution in [0, 0.1) is 5.92 Å². The van der Waals surface area contributed by atoms with Gasteiger partial charge in [0.1, 0.15) is 11.9 Å². The van der Waals surface area contributed by atoms with E-state index in [0.717, 1.165) is 12.2 Å². The van der Waals surface area contributed by atoms with Crippen LogP contribution in [-0.2, 0) is 5.41 Å². The van der Waals surface area contributed by atoms with E-state index in [0.29, 0.717) is 5.92 Å². The molecule has 3 nitrogen and oxygen atoms in total. The highest BCUT2D eigenvalue weighted by molar-refractivity contribution is 5.32. The normalized spacial score (nSPS) is 15.2. The minimum Gasteiger partial charge on any atom is -0.486 e. The molecule has 3 N–H and O–H groups in total. The molecule has 0 saturated carbocycles. The van der Waals surface area contributed by atoms with Crippen molar-refractivity contribution in [2.45, 2.75) is 58.6 Å². The molecule has 0 heterocycles. The molecule has 0 bridgehead atoms. The quantitative estimate of drug-likeness (QED) is 0.841. The Balaban J connectivity index is 2.80. The fraction of sp³-hybridized carbons (Fsp3) is 0.647. The second-order valence-corrected chi connectivity index (χ2v) is 6.91. The van der Waals surface area contributed by atoms with Gasteiger partial charge in [0.05, 0.1) is 6.61 Å². The first kappa shape index (κ1) is 17.0. The summed E-state index contributed by atoms with van der Waals surface area (Å²) in [7, 11) is 0. The lowest BCUT2D eigenvalue weighted by Crippen LogP contribution is -2.42. The Labute approximate surface area is 123 Å². The van der Waals surface area contributed by atoms with Gasteiger partial charge in [-0.05, 0) is 35.4 Å². The molecule has 2 atom stereocenters. The molecular formula is C17H29NO2.